The molecule has 1 saturated heterocycles. The molecule has 0 aliphatic carbocycles. The van der Waals surface area contributed by atoms with E-state index < -0.39 is 17.1 Å². The number of urea groups is 1. The standard InChI is InChI=1S/C29H34N4O3.C2HF3O2/c34-29(30-27-12-14-28(15-13-27)33(35)36)32(23-26-10-5-2-6-11-26)19-7-18-31-20-16-25(17-21-31)22-24-8-3-1-4-9-24;3-2(4,5)1(6)7/h1-6,8-15,25H,7,16-23H2,(H,30,34);(H,6,7). The first-order valence-corrected chi connectivity index (χ1v) is 13.9. The van der Waals surface area contributed by atoms with Crippen LogP contribution in [0.25, 0.3) is 0 Å². The van der Waals surface area contributed by atoms with Crippen LogP contribution in [-0.2, 0) is 17.8 Å². The van der Waals surface area contributed by atoms with Gasteiger partial charge in [0.05, 0.1) is 4.92 Å². The Morgan fingerprint density at radius 3 is 1.98 bits per heavy atom. The zero-order valence-electron chi connectivity index (χ0n) is 23.6. The van der Waals surface area contributed by atoms with E-state index in [2.05, 4.69) is 40.5 Å². The van der Waals surface area contributed by atoms with E-state index in [0.717, 1.165) is 44.0 Å². The first kappa shape index (κ1) is 33.1. The number of benzene rings is 3. The number of carbonyl (C=O) groups is 2. The zero-order valence-corrected chi connectivity index (χ0v) is 23.6. The van der Waals surface area contributed by atoms with E-state index in [1.807, 2.05) is 35.2 Å². The molecule has 43 heavy (non-hydrogen) atoms. The molecular formula is C31H35F3N4O5. The summed E-state index contributed by atoms with van der Waals surface area (Å²) in [4.78, 5) is 36.8. The van der Waals surface area contributed by atoms with Gasteiger partial charge in [-0.1, -0.05) is 60.7 Å². The highest BCUT2D eigenvalue weighted by atomic mass is 19.4. The van der Waals surface area contributed by atoms with Gasteiger partial charge in [0.2, 0.25) is 0 Å². The van der Waals surface area contributed by atoms with Crippen LogP contribution < -0.4 is 5.32 Å². The second-order valence-corrected chi connectivity index (χ2v) is 10.3. The number of carbonyl (C=O) groups excluding carboxylic acids is 1. The molecule has 0 unspecified atom stereocenters. The minimum Gasteiger partial charge on any atom is -0.475 e. The van der Waals surface area contributed by atoms with Crippen molar-refractivity contribution < 1.29 is 32.8 Å². The highest BCUT2D eigenvalue weighted by Crippen LogP contribution is 2.22. The minimum atomic E-state index is -5.08. The molecular weight excluding hydrogens is 565 g/mol. The Labute approximate surface area is 248 Å². The van der Waals surface area contributed by atoms with Gasteiger partial charge in [-0.25, -0.2) is 9.59 Å². The van der Waals surface area contributed by atoms with Crippen LogP contribution in [0, 0.1) is 16.0 Å². The molecule has 0 bridgehead atoms. The molecule has 0 saturated carbocycles. The molecule has 0 aromatic heterocycles. The number of nitrogens with one attached hydrogen (secondary N) is 1. The van der Waals surface area contributed by atoms with Crippen LogP contribution in [0.4, 0.5) is 29.3 Å². The van der Waals surface area contributed by atoms with Crippen molar-refractivity contribution in [2.75, 3.05) is 31.5 Å². The smallest absolute Gasteiger partial charge is 0.475 e. The lowest BCUT2D eigenvalue weighted by atomic mass is 9.90. The molecule has 2 amide bonds. The number of anilines is 1. The van der Waals surface area contributed by atoms with Crippen LogP contribution in [0.5, 0.6) is 0 Å². The molecule has 1 aliphatic rings. The number of nitrogens with zero attached hydrogens (tertiary/aromatic N) is 3. The molecule has 12 heteroatoms. The molecule has 1 aliphatic heterocycles. The normalized spacial score (nSPS) is 13.8. The number of carboxylic acid groups (broad SMARTS) is 1. The highest BCUT2D eigenvalue weighted by molar-refractivity contribution is 5.89. The SMILES string of the molecule is O=C(Nc1ccc([N+](=O)[O-])cc1)N(CCCN1CCC(Cc2ccccc2)CC1)Cc1ccccc1.O=C(O)C(F)(F)F. The van der Waals surface area contributed by atoms with Gasteiger partial charge in [0, 0.05) is 30.9 Å². The van der Waals surface area contributed by atoms with Gasteiger partial charge < -0.3 is 20.2 Å². The van der Waals surface area contributed by atoms with E-state index >= 15 is 0 Å². The maximum atomic E-state index is 13.1. The number of likely N-dealkylation sites (tertiary alicyclic amines) is 1. The third-order valence-corrected chi connectivity index (χ3v) is 7.05. The summed E-state index contributed by atoms with van der Waals surface area (Å²) in [6.45, 7) is 4.32. The quantitative estimate of drug-likeness (QED) is 0.200. The lowest BCUT2D eigenvalue weighted by Crippen LogP contribution is -2.39. The third-order valence-electron chi connectivity index (χ3n) is 7.05. The fourth-order valence-electron chi connectivity index (χ4n) is 4.77. The van der Waals surface area contributed by atoms with Gasteiger partial charge in [-0.15, -0.1) is 0 Å². The van der Waals surface area contributed by atoms with Crippen molar-refractivity contribution in [3.8, 4) is 0 Å². The van der Waals surface area contributed by atoms with Crippen molar-refractivity contribution in [3.63, 3.8) is 0 Å². The first-order valence-electron chi connectivity index (χ1n) is 13.9. The maximum absolute atomic E-state index is 13.1. The van der Waals surface area contributed by atoms with Crippen molar-refractivity contribution in [2.24, 2.45) is 5.92 Å². The van der Waals surface area contributed by atoms with E-state index in [4.69, 9.17) is 9.90 Å². The van der Waals surface area contributed by atoms with Crippen LogP contribution in [0.15, 0.2) is 84.9 Å². The topological polar surface area (TPSA) is 116 Å². The van der Waals surface area contributed by atoms with Crippen molar-refractivity contribution >= 4 is 23.4 Å². The lowest BCUT2D eigenvalue weighted by molar-refractivity contribution is -0.384. The predicted octanol–water partition coefficient (Wildman–Crippen LogP) is 6.61. The minimum absolute atomic E-state index is 0.00156. The zero-order chi connectivity index (χ0) is 31.2. The van der Waals surface area contributed by atoms with Crippen molar-refractivity contribution in [2.45, 2.75) is 38.4 Å². The molecule has 230 valence electrons. The Bertz CT molecular complexity index is 1300. The van der Waals surface area contributed by atoms with Crippen molar-refractivity contribution in [1.82, 2.24) is 9.80 Å². The summed E-state index contributed by atoms with van der Waals surface area (Å²) in [7, 11) is 0. The summed E-state index contributed by atoms with van der Waals surface area (Å²) >= 11 is 0. The fourth-order valence-corrected chi connectivity index (χ4v) is 4.77. The number of carboxylic acids is 1. The number of rotatable bonds is 10. The first-order chi connectivity index (χ1) is 20.5. The van der Waals surface area contributed by atoms with Crippen molar-refractivity contribution in [1.29, 1.82) is 0 Å². The number of aliphatic carboxylic acids is 1. The molecule has 4 rings (SSSR count). The van der Waals surface area contributed by atoms with E-state index in [9.17, 15) is 28.1 Å². The van der Waals surface area contributed by atoms with Gasteiger partial charge in [-0.3, -0.25) is 10.1 Å². The molecule has 1 heterocycles. The van der Waals surface area contributed by atoms with Crippen LogP contribution in [-0.4, -0.2) is 64.2 Å². The number of amides is 2. The number of hydrogen-bond donors (Lipinski definition) is 2. The van der Waals surface area contributed by atoms with Crippen LogP contribution in [0.1, 0.15) is 30.4 Å². The molecule has 0 spiro atoms. The summed E-state index contributed by atoms with van der Waals surface area (Å²) in [5.74, 6) is -2.02. The number of non-ortho nitro benzene ring substituents is 1. The average Bonchev–Trinajstić information content (AvgIpc) is 2.98. The summed E-state index contributed by atoms with van der Waals surface area (Å²) in [6.07, 6.45) is -0.612. The monoisotopic (exact) mass is 600 g/mol. The highest BCUT2D eigenvalue weighted by Gasteiger charge is 2.38. The van der Waals surface area contributed by atoms with Crippen LogP contribution >= 0.6 is 0 Å². The lowest BCUT2D eigenvalue weighted by Gasteiger charge is -2.32. The summed E-state index contributed by atoms with van der Waals surface area (Å²) in [5.41, 5.74) is 3.04. The number of nitro benzene ring substituents is 1. The van der Waals surface area contributed by atoms with Gasteiger partial charge in [-0.2, -0.15) is 13.2 Å². The van der Waals surface area contributed by atoms with Crippen LogP contribution in [0.2, 0.25) is 0 Å². The Morgan fingerprint density at radius 2 is 1.47 bits per heavy atom. The summed E-state index contributed by atoms with van der Waals surface area (Å²) < 4.78 is 31.7. The number of hydrogen-bond acceptors (Lipinski definition) is 5. The molecule has 3 aromatic carbocycles. The number of piperidine rings is 1. The maximum Gasteiger partial charge on any atom is 0.490 e. The van der Waals surface area contributed by atoms with Crippen LogP contribution in [0.3, 0.4) is 0 Å². The predicted molar refractivity (Wildman–Crippen MR) is 157 cm³/mol. The molecule has 3 aromatic rings. The summed E-state index contributed by atoms with van der Waals surface area (Å²) in [6, 6.07) is 26.4. The Balaban J connectivity index is 0.000000646. The van der Waals surface area contributed by atoms with E-state index in [-0.39, 0.29) is 11.7 Å². The fraction of sp³-hybridized carbons (Fsp3) is 0.355. The largest absolute Gasteiger partial charge is 0.490 e. The molecule has 0 radical (unpaired) electrons. The average molecular weight is 601 g/mol. The third kappa shape index (κ3) is 11.8. The number of halogens is 3. The van der Waals surface area contributed by atoms with Gasteiger partial charge in [0.1, 0.15) is 0 Å². The molecule has 0 atom stereocenters. The van der Waals surface area contributed by atoms with Gasteiger partial charge in [0.25, 0.3) is 5.69 Å². The Kier molecular flexibility index (Phi) is 12.5. The summed E-state index contributed by atoms with van der Waals surface area (Å²) in [5, 5.41) is 20.9. The Morgan fingerprint density at radius 1 is 0.930 bits per heavy atom. The van der Waals surface area contributed by atoms with Crippen molar-refractivity contribution in [3.05, 3.63) is 106 Å². The molecule has 2 N–H and O–H groups in total. The number of alkyl halides is 3. The molecule has 9 nitrogen and oxygen atoms in total. The second kappa shape index (κ2) is 16.3. The molecule has 1 fully saturated rings. The second-order valence-electron chi connectivity index (χ2n) is 10.3. The van der Waals surface area contributed by atoms with Gasteiger partial charge in [-0.05, 0) is 74.5 Å². The number of nitro groups is 1. The van der Waals surface area contributed by atoms with Gasteiger partial charge in [0.15, 0.2) is 0 Å². The van der Waals surface area contributed by atoms with E-state index in [1.165, 1.54) is 30.5 Å². The van der Waals surface area contributed by atoms with E-state index in [1.54, 1.807) is 12.1 Å². The Hall–Kier alpha value is -4.45. The van der Waals surface area contributed by atoms with Gasteiger partial charge >= 0.3 is 18.2 Å². The van der Waals surface area contributed by atoms with E-state index in [0.29, 0.717) is 18.8 Å².